The van der Waals surface area contributed by atoms with E-state index in [4.69, 9.17) is 21.1 Å². The van der Waals surface area contributed by atoms with Crippen LogP contribution < -0.4 is 4.74 Å². The van der Waals surface area contributed by atoms with Crippen molar-refractivity contribution >= 4 is 21.6 Å². The molecule has 5 nitrogen and oxygen atoms in total. The molecule has 0 spiro atoms. The van der Waals surface area contributed by atoms with Crippen molar-refractivity contribution in [2.75, 3.05) is 27.3 Å². The first-order chi connectivity index (χ1) is 10.0. The number of hydrogen-bond acceptors (Lipinski definition) is 4. The second-order valence-corrected chi connectivity index (χ2v) is 7.16. The van der Waals surface area contributed by atoms with Gasteiger partial charge in [0.15, 0.2) is 0 Å². The first kappa shape index (κ1) is 16.5. The van der Waals surface area contributed by atoms with E-state index in [0.29, 0.717) is 18.8 Å². The van der Waals surface area contributed by atoms with Gasteiger partial charge in [0.1, 0.15) is 10.6 Å². The molecule has 1 aliphatic heterocycles. The predicted molar refractivity (Wildman–Crippen MR) is 81.3 cm³/mol. The zero-order chi connectivity index (χ0) is 15.5. The number of ether oxygens (including phenoxy) is 2. The van der Waals surface area contributed by atoms with Crippen LogP contribution in [-0.4, -0.2) is 46.1 Å². The molecule has 2 rings (SSSR count). The van der Waals surface area contributed by atoms with Gasteiger partial charge in [-0.05, 0) is 30.5 Å². The lowest BCUT2D eigenvalue weighted by Crippen LogP contribution is -2.42. The molecule has 1 saturated heterocycles. The Kier molecular flexibility index (Phi) is 5.48. The number of rotatable bonds is 5. The fourth-order valence-corrected chi connectivity index (χ4v) is 4.34. The quantitative estimate of drug-likeness (QED) is 0.775. The molecule has 1 aromatic carbocycles. The normalized spacial score (nSPS) is 20.4. The summed E-state index contributed by atoms with van der Waals surface area (Å²) < 4.78 is 37.6. The van der Waals surface area contributed by atoms with Gasteiger partial charge >= 0.3 is 0 Å². The minimum Gasteiger partial charge on any atom is -0.495 e. The topological polar surface area (TPSA) is 55.8 Å². The maximum Gasteiger partial charge on any atom is 0.246 e. The van der Waals surface area contributed by atoms with Crippen LogP contribution in [0.25, 0.3) is 0 Å². The lowest BCUT2D eigenvalue weighted by atomic mass is 10.1. The molecule has 1 unspecified atom stereocenters. The van der Waals surface area contributed by atoms with Gasteiger partial charge in [-0.3, -0.25) is 0 Å². The van der Waals surface area contributed by atoms with Crippen molar-refractivity contribution in [3.05, 3.63) is 23.8 Å². The number of nitrogens with zero attached hydrogens (tertiary/aromatic N) is 1. The van der Waals surface area contributed by atoms with Gasteiger partial charge in [0, 0.05) is 26.1 Å². The Morgan fingerprint density at radius 1 is 1.38 bits per heavy atom. The summed E-state index contributed by atoms with van der Waals surface area (Å²) in [4.78, 5) is 0.167. The summed E-state index contributed by atoms with van der Waals surface area (Å²) in [7, 11) is -0.543. The van der Waals surface area contributed by atoms with Crippen molar-refractivity contribution in [3.8, 4) is 5.75 Å². The second kappa shape index (κ2) is 6.96. The van der Waals surface area contributed by atoms with Gasteiger partial charge < -0.3 is 9.47 Å². The Morgan fingerprint density at radius 3 is 2.76 bits per heavy atom. The van der Waals surface area contributed by atoms with Crippen molar-refractivity contribution in [1.29, 1.82) is 0 Å². The molecular formula is C14H20ClNO4S. The highest BCUT2D eigenvalue weighted by molar-refractivity contribution is 7.89. The molecule has 118 valence electrons. The van der Waals surface area contributed by atoms with Crippen LogP contribution in [0.2, 0.25) is 0 Å². The van der Waals surface area contributed by atoms with E-state index >= 15 is 0 Å². The number of halogens is 1. The average Bonchev–Trinajstić information content (AvgIpc) is 2.54. The molecule has 1 aliphatic rings. The smallest absolute Gasteiger partial charge is 0.246 e. The Bertz CT molecular complexity index is 591. The van der Waals surface area contributed by atoms with Gasteiger partial charge in [0.25, 0.3) is 0 Å². The third kappa shape index (κ3) is 3.51. The van der Waals surface area contributed by atoms with Gasteiger partial charge in [0.2, 0.25) is 10.0 Å². The zero-order valence-electron chi connectivity index (χ0n) is 12.2. The molecule has 0 radical (unpaired) electrons. The van der Waals surface area contributed by atoms with Crippen molar-refractivity contribution in [3.63, 3.8) is 0 Å². The van der Waals surface area contributed by atoms with E-state index in [1.807, 2.05) is 0 Å². The number of benzene rings is 1. The van der Waals surface area contributed by atoms with E-state index in [1.165, 1.54) is 11.4 Å². The highest BCUT2D eigenvalue weighted by atomic mass is 35.5. The highest BCUT2D eigenvalue weighted by Crippen LogP contribution is 2.30. The monoisotopic (exact) mass is 333 g/mol. The summed E-state index contributed by atoms with van der Waals surface area (Å²) in [6, 6.07) is 4.99. The average molecular weight is 334 g/mol. The Hall–Kier alpha value is -0.820. The Morgan fingerprint density at radius 2 is 2.14 bits per heavy atom. The molecule has 0 saturated carbocycles. The Labute approximate surface area is 130 Å². The molecule has 1 aromatic rings. The van der Waals surface area contributed by atoms with E-state index < -0.39 is 10.0 Å². The molecule has 0 amide bonds. The molecular weight excluding hydrogens is 314 g/mol. The number of sulfonamides is 1. The third-order valence-corrected chi connectivity index (χ3v) is 5.87. The van der Waals surface area contributed by atoms with Gasteiger partial charge in [-0.2, -0.15) is 4.31 Å². The molecule has 21 heavy (non-hydrogen) atoms. The summed E-state index contributed by atoms with van der Waals surface area (Å²) in [5, 5.41) is 0. The fraction of sp³-hybridized carbons (Fsp3) is 0.571. The van der Waals surface area contributed by atoms with Crippen LogP contribution in [0.3, 0.4) is 0 Å². The summed E-state index contributed by atoms with van der Waals surface area (Å²) in [6.45, 7) is 0.865. The lowest BCUT2D eigenvalue weighted by molar-refractivity contribution is 0.0571. The molecule has 0 aromatic heterocycles. The van der Waals surface area contributed by atoms with Crippen LogP contribution in [0, 0.1) is 0 Å². The van der Waals surface area contributed by atoms with Crippen LogP contribution in [0.5, 0.6) is 5.75 Å². The van der Waals surface area contributed by atoms with Crippen molar-refractivity contribution in [2.45, 2.75) is 29.7 Å². The predicted octanol–water partition coefficient (Wildman–Crippen LogP) is 2.23. The molecule has 0 aliphatic carbocycles. The molecule has 7 heteroatoms. The molecule has 0 bridgehead atoms. The van der Waals surface area contributed by atoms with Crippen LogP contribution in [-0.2, 0) is 20.6 Å². The molecule has 1 atom stereocenters. The van der Waals surface area contributed by atoms with Gasteiger partial charge in [-0.1, -0.05) is 6.07 Å². The summed E-state index contributed by atoms with van der Waals surface area (Å²) in [5.74, 6) is 0.594. The minimum absolute atomic E-state index is 0.0595. The molecule has 1 fully saturated rings. The van der Waals surface area contributed by atoms with Gasteiger partial charge in [-0.25, -0.2) is 8.42 Å². The number of methoxy groups -OCH3 is 2. The van der Waals surface area contributed by atoms with Gasteiger partial charge in [-0.15, -0.1) is 11.6 Å². The number of piperidine rings is 1. The highest BCUT2D eigenvalue weighted by Gasteiger charge is 2.32. The van der Waals surface area contributed by atoms with E-state index in [9.17, 15) is 8.42 Å². The fourth-order valence-electron chi connectivity index (χ4n) is 2.46. The minimum atomic E-state index is -3.61. The first-order valence-electron chi connectivity index (χ1n) is 6.78. The van der Waals surface area contributed by atoms with Crippen LogP contribution in [0.1, 0.15) is 18.4 Å². The SMILES string of the molecule is COc1ccc(CCl)cc1S(=O)(=O)N1CCCC(OC)C1. The van der Waals surface area contributed by atoms with E-state index in [-0.39, 0.29) is 16.9 Å². The number of hydrogen-bond donors (Lipinski definition) is 0. The van der Waals surface area contributed by atoms with E-state index in [2.05, 4.69) is 0 Å². The molecule has 0 N–H and O–H groups in total. The van der Waals surface area contributed by atoms with Crippen molar-refractivity contribution in [1.82, 2.24) is 4.31 Å². The summed E-state index contributed by atoms with van der Waals surface area (Å²) >= 11 is 5.81. The van der Waals surface area contributed by atoms with Crippen molar-refractivity contribution in [2.24, 2.45) is 0 Å². The zero-order valence-corrected chi connectivity index (χ0v) is 13.8. The van der Waals surface area contributed by atoms with E-state index in [0.717, 1.165) is 18.4 Å². The first-order valence-corrected chi connectivity index (χ1v) is 8.76. The van der Waals surface area contributed by atoms with Crippen molar-refractivity contribution < 1.29 is 17.9 Å². The summed E-state index contributed by atoms with van der Waals surface area (Å²) in [5.41, 5.74) is 0.747. The van der Waals surface area contributed by atoms with Crippen LogP contribution in [0.4, 0.5) is 0 Å². The molecule has 1 heterocycles. The van der Waals surface area contributed by atoms with Crippen LogP contribution >= 0.6 is 11.6 Å². The summed E-state index contributed by atoms with van der Waals surface area (Å²) in [6.07, 6.45) is 1.60. The Balaban J connectivity index is 2.38. The lowest BCUT2D eigenvalue weighted by Gasteiger charge is -2.31. The number of alkyl halides is 1. The van der Waals surface area contributed by atoms with Crippen LogP contribution in [0.15, 0.2) is 23.1 Å². The largest absolute Gasteiger partial charge is 0.495 e. The second-order valence-electron chi connectivity index (χ2n) is 4.98. The maximum atomic E-state index is 12.8. The standard InChI is InChI=1S/C14H20ClNO4S/c1-19-12-4-3-7-16(10-12)21(17,18)14-8-11(9-15)5-6-13(14)20-2/h5-6,8,12H,3-4,7,9-10H2,1-2H3. The van der Waals surface area contributed by atoms with E-state index in [1.54, 1.807) is 25.3 Å². The third-order valence-electron chi connectivity index (χ3n) is 3.67. The van der Waals surface area contributed by atoms with Gasteiger partial charge in [0.05, 0.1) is 13.2 Å². The maximum absolute atomic E-state index is 12.8.